The first kappa shape index (κ1) is 25.4. The number of rotatable bonds is 6. The zero-order chi connectivity index (χ0) is 27.3. The van der Waals surface area contributed by atoms with Gasteiger partial charge in [-0.05, 0) is 44.1 Å². The molecule has 3 N–H and O–H groups in total. The van der Waals surface area contributed by atoms with Crippen LogP contribution in [0.2, 0.25) is 0 Å². The van der Waals surface area contributed by atoms with E-state index in [2.05, 4.69) is 15.2 Å². The number of imide groups is 1. The van der Waals surface area contributed by atoms with Gasteiger partial charge in [0.2, 0.25) is 0 Å². The van der Waals surface area contributed by atoms with Gasteiger partial charge < -0.3 is 19.6 Å². The average molecular weight is 537 g/mol. The van der Waals surface area contributed by atoms with Gasteiger partial charge in [-0.3, -0.25) is 14.9 Å². The molecule has 7 nitrogen and oxygen atoms in total. The lowest BCUT2D eigenvalue weighted by molar-refractivity contribution is -0.136. The van der Waals surface area contributed by atoms with Crippen molar-refractivity contribution in [1.82, 2.24) is 19.8 Å². The Hall–Kier alpha value is -3.89. The number of nitrogens with zero attached hydrogens (tertiary/aromatic N) is 2. The van der Waals surface area contributed by atoms with Crippen LogP contribution in [0.25, 0.3) is 33.0 Å². The van der Waals surface area contributed by atoms with Crippen molar-refractivity contribution in [1.29, 1.82) is 0 Å². The molecule has 10 heteroatoms. The van der Waals surface area contributed by atoms with E-state index >= 15 is 0 Å². The molecule has 4 aromatic rings. The summed E-state index contributed by atoms with van der Waals surface area (Å²) >= 11 is 0. The van der Waals surface area contributed by atoms with Gasteiger partial charge in [0.05, 0.1) is 22.8 Å². The highest BCUT2D eigenvalue weighted by Gasteiger charge is 2.39. The number of aliphatic hydroxyl groups excluding tert-OH is 1. The molecule has 202 valence electrons. The van der Waals surface area contributed by atoms with Gasteiger partial charge >= 0.3 is 6.18 Å². The second kappa shape index (κ2) is 9.69. The molecule has 2 aliphatic rings. The summed E-state index contributed by atoms with van der Waals surface area (Å²) in [4.78, 5) is 31.5. The first-order valence-corrected chi connectivity index (χ1v) is 13.0. The maximum atomic E-state index is 14.3. The number of para-hydroxylation sites is 1. The molecule has 0 radical (unpaired) electrons. The number of β-amino-alcohol motifs (C(OH)–C–C–N with tert-alkyl or cyclic N) is 1. The molecule has 0 spiro atoms. The van der Waals surface area contributed by atoms with Gasteiger partial charge in [0, 0.05) is 58.4 Å². The molecule has 2 aromatic heterocycles. The van der Waals surface area contributed by atoms with Crippen LogP contribution in [0.4, 0.5) is 13.2 Å². The first-order valence-electron chi connectivity index (χ1n) is 13.0. The van der Waals surface area contributed by atoms with E-state index < -0.39 is 29.7 Å². The molecule has 4 heterocycles. The number of benzene rings is 2. The molecular weight excluding hydrogens is 509 g/mol. The number of H-pyrrole nitrogens is 1. The lowest BCUT2D eigenvalue weighted by Crippen LogP contribution is -2.37. The number of aromatic amines is 1. The number of carbonyl (C=O) groups excluding carboxylic acids is 2. The third kappa shape index (κ3) is 4.53. The molecule has 1 saturated heterocycles. The van der Waals surface area contributed by atoms with Crippen LogP contribution in [-0.4, -0.2) is 57.1 Å². The number of alkyl halides is 3. The summed E-state index contributed by atoms with van der Waals surface area (Å²) in [5, 5.41) is 13.7. The van der Waals surface area contributed by atoms with E-state index in [0.29, 0.717) is 17.5 Å². The SMILES string of the molecule is O=C1NC(=O)C(c2cn(CC(O)CN3CCCCC3)c3cccc(C(F)(F)F)c23)=C1c1c[nH]c2ccccc12. The van der Waals surface area contributed by atoms with E-state index in [-0.39, 0.29) is 34.2 Å². The average Bonchev–Trinajstić information content (AvgIpc) is 3.56. The van der Waals surface area contributed by atoms with Crippen molar-refractivity contribution in [3.63, 3.8) is 0 Å². The number of aromatic nitrogens is 2. The Bertz CT molecular complexity index is 1630. The van der Waals surface area contributed by atoms with Gasteiger partial charge in [0.15, 0.2) is 0 Å². The van der Waals surface area contributed by atoms with Gasteiger partial charge in [0.25, 0.3) is 11.8 Å². The van der Waals surface area contributed by atoms with E-state index in [4.69, 9.17) is 0 Å². The minimum absolute atomic E-state index is 0.00623. The highest BCUT2D eigenvalue weighted by molar-refractivity contribution is 6.50. The zero-order valence-electron chi connectivity index (χ0n) is 21.0. The molecule has 2 aliphatic heterocycles. The van der Waals surface area contributed by atoms with E-state index in [1.54, 1.807) is 29.0 Å². The maximum Gasteiger partial charge on any atom is 0.417 e. The summed E-state index contributed by atoms with van der Waals surface area (Å²) in [6, 6.07) is 11.0. The molecule has 1 fully saturated rings. The number of fused-ring (bicyclic) bond motifs is 2. The molecule has 0 saturated carbocycles. The summed E-state index contributed by atoms with van der Waals surface area (Å²) in [5.41, 5.74) is 0.391. The van der Waals surface area contributed by atoms with E-state index in [1.807, 2.05) is 12.1 Å². The lowest BCUT2D eigenvalue weighted by Gasteiger charge is -2.28. The predicted octanol–water partition coefficient (Wildman–Crippen LogP) is 4.56. The van der Waals surface area contributed by atoms with Crippen LogP contribution >= 0.6 is 0 Å². The van der Waals surface area contributed by atoms with Crippen molar-refractivity contribution in [3.8, 4) is 0 Å². The molecule has 2 amide bonds. The summed E-state index contributed by atoms with van der Waals surface area (Å²) in [6.45, 7) is 2.18. The van der Waals surface area contributed by atoms with Crippen molar-refractivity contribution in [2.75, 3.05) is 19.6 Å². The van der Waals surface area contributed by atoms with Gasteiger partial charge in [-0.2, -0.15) is 13.2 Å². The summed E-state index contributed by atoms with van der Waals surface area (Å²) in [5.74, 6) is -1.43. The Morgan fingerprint density at radius 1 is 0.897 bits per heavy atom. The molecule has 0 bridgehead atoms. The summed E-state index contributed by atoms with van der Waals surface area (Å²) in [7, 11) is 0. The van der Waals surface area contributed by atoms with Gasteiger partial charge in [-0.1, -0.05) is 30.7 Å². The van der Waals surface area contributed by atoms with Crippen LogP contribution < -0.4 is 5.32 Å². The fourth-order valence-corrected chi connectivity index (χ4v) is 5.90. The standard InChI is InChI=1S/C29H27F3N4O3/c30-29(31,32)21-8-6-10-23-24(21)20(16-36(23)15-17(37)14-35-11-4-1-5-12-35)26-25(27(38)34-28(26)39)19-13-33-22-9-3-2-7-18(19)22/h2-3,6-10,13,16-17,33,37H,1,4-5,11-12,14-15H2,(H,34,38,39). The van der Waals surface area contributed by atoms with Crippen LogP contribution in [0.1, 0.15) is 36.0 Å². The number of aliphatic hydroxyl groups is 1. The molecule has 0 aliphatic carbocycles. The Morgan fingerprint density at radius 2 is 1.62 bits per heavy atom. The Labute approximate surface area is 221 Å². The molecule has 1 unspecified atom stereocenters. The van der Waals surface area contributed by atoms with Crippen LogP contribution in [0.15, 0.2) is 54.9 Å². The zero-order valence-corrected chi connectivity index (χ0v) is 21.0. The van der Waals surface area contributed by atoms with Crippen molar-refractivity contribution >= 4 is 44.8 Å². The Kier molecular flexibility index (Phi) is 6.31. The largest absolute Gasteiger partial charge is 0.417 e. The quantitative estimate of drug-likeness (QED) is 0.316. The number of hydrogen-bond donors (Lipinski definition) is 3. The Morgan fingerprint density at radius 3 is 2.36 bits per heavy atom. The monoisotopic (exact) mass is 536 g/mol. The number of hydrogen-bond acceptors (Lipinski definition) is 4. The number of amides is 2. The maximum absolute atomic E-state index is 14.3. The minimum atomic E-state index is -4.70. The third-order valence-corrected chi connectivity index (χ3v) is 7.60. The van der Waals surface area contributed by atoms with Gasteiger partial charge in [0.1, 0.15) is 0 Å². The third-order valence-electron chi connectivity index (χ3n) is 7.60. The minimum Gasteiger partial charge on any atom is -0.390 e. The highest BCUT2D eigenvalue weighted by Crippen LogP contribution is 2.43. The van der Waals surface area contributed by atoms with Crippen molar-refractivity contribution in [2.45, 2.75) is 38.1 Å². The molecule has 6 rings (SSSR count). The smallest absolute Gasteiger partial charge is 0.390 e. The van der Waals surface area contributed by atoms with E-state index in [0.717, 1.165) is 43.9 Å². The number of carbonyl (C=O) groups is 2. The number of halogens is 3. The van der Waals surface area contributed by atoms with Crippen LogP contribution in [0.5, 0.6) is 0 Å². The highest BCUT2D eigenvalue weighted by atomic mass is 19.4. The second-order valence-corrected chi connectivity index (χ2v) is 10.2. The van der Waals surface area contributed by atoms with Gasteiger partial charge in [-0.15, -0.1) is 0 Å². The number of piperidine rings is 1. The van der Waals surface area contributed by atoms with Gasteiger partial charge in [-0.25, -0.2) is 0 Å². The summed E-state index contributed by atoms with van der Waals surface area (Å²) in [6.07, 6.45) is 0.757. The van der Waals surface area contributed by atoms with Crippen molar-refractivity contribution < 1.29 is 27.9 Å². The summed E-state index contributed by atoms with van der Waals surface area (Å²) < 4.78 is 44.4. The fraction of sp³-hybridized carbons (Fsp3) is 0.310. The number of likely N-dealkylation sites (tertiary alicyclic amines) is 1. The van der Waals surface area contributed by atoms with Crippen molar-refractivity contribution in [3.05, 3.63) is 71.5 Å². The van der Waals surface area contributed by atoms with E-state index in [9.17, 15) is 27.9 Å². The predicted molar refractivity (Wildman–Crippen MR) is 142 cm³/mol. The number of nitrogens with one attached hydrogen (secondary N) is 2. The first-order chi connectivity index (χ1) is 18.7. The molecule has 1 atom stereocenters. The van der Waals surface area contributed by atoms with Crippen LogP contribution in [0, 0.1) is 0 Å². The molecule has 2 aromatic carbocycles. The normalized spacial score (nSPS) is 17.9. The molecular formula is C29H27F3N4O3. The fourth-order valence-electron chi connectivity index (χ4n) is 5.90. The topological polar surface area (TPSA) is 90.4 Å². The second-order valence-electron chi connectivity index (χ2n) is 10.2. The van der Waals surface area contributed by atoms with Crippen LogP contribution in [0.3, 0.4) is 0 Å². The molecule has 39 heavy (non-hydrogen) atoms. The Balaban J connectivity index is 1.53. The van der Waals surface area contributed by atoms with Crippen molar-refractivity contribution in [2.24, 2.45) is 0 Å². The van der Waals surface area contributed by atoms with Crippen LogP contribution in [-0.2, 0) is 22.3 Å². The van der Waals surface area contributed by atoms with E-state index in [1.165, 1.54) is 12.3 Å². The lowest BCUT2D eigenvalue weighted by atomic mass is 9.94.